The lowest BCUT2D eigenvalue weighted by molar-refractivity contribution is 0.390. The van der Waals surface area contributed by atoms with Crippen molar-refractivity contribution in [3.05, 3.63) is 51.5 Å². The van der Waals surface area contributed by atoms with Gasteiger partial charge in [-0.2, -0.15) is 0 Å². The number of anilines is 1. The Kier molecular flexibility index (Phi) is 5.12. The number of benzene rings is 2. The van der Waals surface area contributed by atoms with Crippen LogP contribution in [0.1, 0.15) is 16.7 Å². The average Bonchev–Trinajstić information content (AvgIpc) is 2.48. The van der Waals surface area contributed by atoms with E-state index < -0.39 is 0 Å². The molecule has 2 aromatic carbocycles. The lowest BCUT2D eigenvalue weighted by Gasteiger charge is -2.14. The molecule has 0 saturated heterocycles. The van der Waals surface area contributed by atoms with E-state index in [1.165, 1.54) is 11.1 Å². The number of halogens is 1. The second-order valence-corrected chi connectivity index (χ2v) is 5.81. The highest BCUT2D eigenvalue weighted by Gasteiger charge is 2.09. The summed E-state index contributed by atoms with van der Waals surface area (Å²) in [5, 5.41) is 3.43. The minimum Gasteiger partial charge on any atom is -0.496 e. The van der Waals surface area contributed by atoms with Gasteiger partial charge in [0.15, 0.2) is 0 Å². The van der Waals surface area contributed by atoms with E-state index in [1.54, 1.807) is 14.2 Å². The van der Waals surface area contributed by atoms with E-state index in [0.717, 1.165) is 27.2 Å². The molecule has 0 fully saturated rings. The van der Waals surface area contributed by atoms with Crippen LogP contribution in [0.4, 0.5) is 5.69 Å². The summed E-state index contributed by atoms with van der Waals surface area (Å²) >= 11 is 3.51. The number of rotatable bonds is 5. The molecule has 0 aliphatic heterocycles. The summed E-state index contributed by atoms with van der Waals surface area (Å²) in [5.41, 5.74) is 4.75. The molecule has 2 rings (SSSR count). The van der Waals surface area contributed by atoms with Crippen LogP contribution < -0.4 is 14.8 Å². The highest BCUT2D eigenvalue weighted by Crippen LogP contribution is 2.33. The van der Waals surface area contributed by atoms with Crippen LogP contribution in [0.3, 0.4) is 0 Å². The summed E-state index contributed by atoms with van der Waals surface area (Å²) in [6.07, 6.45) is 0. The van der Waals surface area contributed by atoms with Gasteiger partial charge in [-0.1, -0.05) is 6.07 Å². The van der Waals surface area contributed by atoms with Crippen LogP contribution >= 0.6 is 15.9 Å². The van der Waals surface area contributed by atoms with Crippen LogP contribution in [-0.2, 0) is 6.54 Å². The largest absolute Gasteiger partial charge is 0.496 e. The maximum atomic E-state index is 5.43. The molecule has 0 aliphatic carbocycles. The minimum atomic E-state index is 0.689. The molecule has 0 spiro atoms. The van der Waals surface area contributed by atoms with Gasteiger partial charge in [0.2, 0.25) is 0 Å². The summed E-state index contributed by atoms with van der Waals surface area (Å²) in [4.78, 5) is 0. The molecular weight excluding hydrogens is 330 g/mol. The van der Waals surface area contributed by atoms with E-state index >= 15 is 0 Å². The summed E-state index contributed by atoms with van der Waals surface area (Å²) in [6, 6.07) is 10.3. The molecule has 4 heteroatoms. The van der Waals surface area contributed by atoms with Gasteiger partial charge in [-0.25, -0.2) is 0 Å². The fraction of sp³-hybridized carbons (Fsp3) is 0.294. The second-order valence-electron chi connectivity index (χ2n) is 4.95. The fourth-order valence-corrected chi connectivity index (χ4v) is 2.66. The van der Waals surface area contributed by atoms with Crippen molar-refractivity contribution in [3.8, 4) is 11.5 Å². The Labute approximate surface area is 134 Å². The Bertz CT molecular complexity index is 641. The Hall–Kier alpha value is -1.68. The third kappa shape index (κ3) is 3.70. The maximum Gasteiger partial charge on any atom is 0.136 e. The second kappa shape index (κ2) is 6.85. The smallest absolute Gasteiger partial charge is 0.136 e. The third-order valence-corrected chi connectivity index (χ3v) is 4.16. The van der Waals surface area contributed by atoms with Crippen molar-refractivity contribution in [2.75, 3.05) is 19.5 Å². The van der Waals surface area contributed by atoms with E-state index in [9.17, 15) is 0 Å². The molecule has 1 N–H and O–H groups in total. The first kappa shape index (κ1) is 15.7. The van der Waals surface area contributed by atoms with Gasteiger partial charge in [0.25, 0.3) is 0 Å². The first-order valence-corrected chi connectivity index (χ1v) is 7.56. The standard InChI is InChI=1S/C17H20BrNO2/c1-11-5-6-14(7-12(11)2)19-10-13-8-15(18)17(21-4)9-16(13)20-3/h5-9,19H,10H2,1-4H3. The Morgan fingerprint density at radius 1 is 0.952 bits per heavy atom. The van der Waals surface area contributed by atoms with E-state index in [2.05, 4.69) is 53.3 Å². The van der Waals surface area contributed by atoms with Crippen LogP contribution in [0.2, 0.25) is 0 Å². The van der Waals surface area contributed by atoms with Crippen LogP contribution in [-0.4, -0.2) is 14.2 Å². The van der Waals surface area contributed by atoms with Gasteiger partial charge < -0.3 is 14.8 Å². The number of hydrogen-bond acceptors (Lipinski definition) is 3. The molecule has 0 heterocycles. The maximum absolute atomic E-state index is 5.43. The van der Waals surface area contributed by atoms with Crippen LogP contribution in [0.5, 0.6) is 11.5 Å². The van der Waals surface area contributed by atoms with Crippen LogP contribution in [0.15, 0.2) is 34.8 Å². The molecule has 0 saturated carbocycles. The predicted molar refractivity (Wildman–Crippen MR) is 90.5 cm³/mol. The van der Waals surface area contributed by atoms with E-state index in [0.29, 0.717) is 6.54 Å². The molecule has 0 amide bonds. The van der Waals surface area contributed by atoms with Crippen molar-refractivity contribution in [1.29, 1.82) is 0 Å². The first-order chi connectivity index (χ1) is 10.0. The Morgan fingerprint density at radius 3 is 2.29 bits per heavy atom. The SMILES string of the molecule is COc1cc(OC)c(CNc2ccc(C)c(C)c2)cc1Br. The van der Waals surface area contributed by atoms with Gasteiger partial charge in [-0.3, -0.25) is 0 Å². The van der Waals surface area contributed by atoms with Gasteiger partial charge in [-0.05, 0) is 59.1 Å². The van der Waals surface area contributed by atoms with Crippen molar-refractivity contribution in [2.45, 2.75) is 20.4 Å². The van der Waals surface area contributed by atoms with E-state index in [4.69, 9.17) is 9.47 Å². The molecule has 3 nitrogen and oxygen atoms in total. The highest BCUT2D eigenvalue weighted by molar-refractivity contribution is 9.10. The number of ether oxygens (including phenoxy) is 2. The van der Waals surface area contributed by atoms with Crippen molar-refractivity contribution >= 4 is 21.6 Å². The average molecular weight is 350 g/mol. The monoisotopic (exact) mass is 349 g/mol. The zero-order chi connectivity index (χ0) is 15.4. The lowest BCUT2D eigenvalue weighted by atomic mass is 10.1. The third-order valence-electron chi connectivity index (χ3n) is 3.54. The van der Waals surface area contributed by atoms with E-state index in [-0.39, 0.29) is 0 Å². The van der Waals surface area contributed by atoms with Crippen LogP contribution in [0.25, 0.3) is 0 Å². The Morgan fingerprint density at radius 2 is 1.67 bits per heavy atom. The molecule has 2 aromatic rings. The highest BCUT2D eigenvalue weighted by atomic mass is 79.9. The summed E-state index contributed by atoms with van der Waals surface area (Å²) in [7, 11) is 3.31. The van der Waals surface area contributed by atoms with Crippen molar-refractivity contribution in [3.63, 3.8) is 0 Å². The number of hydrogen-bond donors (Lipinski definition) is 1. The van der Waals surface area contributed by atoms with Gasteiger partial charge in [0, 0.05) is 23.9 Å². The number of methoxy groups -OCH3 is 2. The summed E-state index contributed by atoms with van der Waals surface area (Å²) < 4.78 is 11.6. The molecule has 0 aromatic heterocycles. The zero-order valence-electron chi connectivity index (χ0n) is 12.8. The van der Waals surface area contributed by atoms with Gasteiger partial charge in [0.1, 0.15) is 11.5 Å². The zero-order valence-corrected chi connectivity index (χ0v) is 14.4. The normalized spacial score (nSPS) is 10.3. The Balaban J connectivity index is 2.19. The van der Waals surface area contributed by atoms with Gasteiger partial charge in [-0.15, -0.1) is 0 Å². The molecular formula is C17H20BrNO2. The van der Waals surface area contributed by atoms with Gasteiger partial charge >= 0.3 is 0 Å². The van der Waals surface area contributed by atoms with Gasteiger partial charge in [0.05, 0.1) is 18.7 Å². The molecule has 0 aliphatic rings. The van der Waals surface area contributed by atoms with Crippen LogP contribution in [0, 0.1) is 13.8 Å². The quantitative estimate of drug-likeness (QED) is 0.848. The molecule has 21 heavy (non-hydrogen) atoms. The topological polar surface area (TPSA) is 30.5 Å². The number of aryl methyl sites for hydroxylation is 2. The first-order valence-electron chi connectivity index (χ1n) is 6.76. The van der Waals surface area contributed by atoms with Crippen molar-refractivity contribution in [2.24, 2.45) is 0 Å². The summed E-state index contributed by atoms with van der Waals surface area (Å²) in [5.74, 6) is 1.58. The molecule has 0 atom stereocenters. The molecule has 0 bridgehead atoms. The summed E-state index contributed by atoms with van der Waals surface area (Å²) in [6.45, 7) is 4.92. The van der Waals surface area contributed by atoms with Crippen molar-refractivity contribution in [1.82, 2.24) is 0 Å². The minimum absolute atomic E-state index is 0.689. The molecule has 112 valence electrons. The molecule has 0 unspecified atom stereocenters. The number of nitrogens with one attached hydrogen (secondary N) is 1. The fourth-order valence-electron chi connectivity index (χ4n) is 2.11. The molecule has 0 radical (unpaired) electrons. The van der Waals surface area contributed by atoms with Crippen molar-refractivity contribution < 1.29 is 9.47 Å². The van der Waals surface area contributed by atoms with E-state index in [1.807, 2.05) is 12.1 Å². The predicted octanol–water partition coefficient (Wildman–Crippen LogP) is 4.70. The lowest BCUT2D eigenvalue weighted by Crippen LogP contribution is -2.03.